The Balaban J connectivity index is 2.06. The normalized spacial score (nSPS) is 11.1. The van der Waals surface area contributed by atoms with Gasteiger partial charge in [0.05, 0.1) is 18.4 Å². The minimum Gasteiger partial charge on any atom is -0.294 e. The van der Waals surface area contributed by atoms with E-state index in [0.717, 1.165) is 16.6 Å². The van der Waals surface area contributed by atoms with Crippen molar-refractivity contribution < 1.29 is 0 Å². The van der Waals surface area contributed by atoms with Gasteiger partial charge in [-0.15, -0.1) is 11.3 Å². The first kappa shape index (κ1) is 12.4. The van der Waals surface area contributed by atoms with Gasteiger partial charge in [0.25, 0.3) is 5.56 Å². The van der Waals surface area contributed by atoms with E-state index in [9.17, 15) is 4.79 Å². The highest BCUT2D eigenvalue weighted by molar-refractivity contribution is 7.17. The standard InChI is InChI=1S/C14H11ClN2OS/c1-9-7-19-13-12(9)16-8-17(14(13)18)6-10-3-2-4-11(15)5-10/h2-5,7-8H,6H2,1H3. The van der Waals surface area contributed by atoms with Gasteiger partial charge in [0.15, 0.2) is 0 Å². The number of hydrogen-bond donors (Lipinski definition) is 0. The Kier molecular flexibility index (Phi) is 3.12. The maximum Gasteiger partial charge on any atom is 0.271 e. The van der Waals surface area contributed by atoms with Gasteiger partial charge in [0.1, 0.15) is 4.70 Å². The number of rotatable bonds is 2. The molecule has 1 aromatic carbocycles. The number of aryl methyl sites for hydroxylation is 1. The van der Waals surface area contributed by atoms with Crippen LogP contribution < -0.4 is 5.56 Å². The van der Waals surface area contributed by atoms with Crippen molar-refractivity contribution in [2.45, 2.75) is 13.5 Å². The van der Waals surface area contributed by atoms with Crippen molar-refractivity contribution in [2.75, 3.05) is 0 Å². The number of nitrogens with zero attached hydrogens (tertiary/aromatic N) is 2. The molecule has 0 aliphatic rings. The van der Waals surface area contributed by atoms with E-state index in [1.165, 1.54) is 11.3 Å². The lowest BCUT2D eigenvalue weighted by molar-refractivity contribution is 0.749. The molecule has 0 aliphatic heterocycles. The van der Waals surface area contributed by atoms with Crippen LogP contribution >= 0.6 is 22.9 Å². The molecule has 3 rings (SSSR count). The van der Waals surface area contributed by atoms with Gasteiger partial charge in [0.2, 0.25) is 0 Å². The third-order valence-electron chi connectivity index (χ3n) is 2.97. The van der Waals surface area contributed by atoms with Gasteiger partial charge < -0.3 is 0 Å². The molecular weight excluding hydrogens is 280 g/mol. The summed E-state index contributed by atoms with van der Waals surface area (Å²) in [5.41, 5.74) is 2.84. The molecule has 0 aliphatic carbocycles. The first-order valence-electron chi connectivity index (χ1n) is 5.83. The summed E-state index contributed by atoms with van der Waals surface area (Å²) in [4.78, 5) is 16.7. The summed E-state index contributed by atoms with van der Waals surface area (Å²) in [6, 6.07) is 7.50. The highest BCUT2D eigenvalue weighted by Gasteiger charge is 2.08. The average molecular weight is 291 g/mol. The van der Waals surface area contributed by atoms with E-state index >= 15 is 0 Å². The lowest BCUT2D eigenvalue weighted by Gasteiger charge is -2.05. The number of thiophene rings is 1. The van der Waals surface area contributed by atoms with E-state index in [1.54, 1.807) is 10.9 Å². The van der Waals surface area contributed by atoms with Crippen LogP contribution in [0.25, 0.3) is 10.2 Å². The topological polar surface area (TPSA) is 34.9 Å². The van der Waals surface area contributed by atoms with Gasteiger partial charge in [-0.2, -0.15) is 0 Å². The maximum atomic E-state index is 12.3. The molecular formula is C14H11ClN2OS. The molecule has 0 amide bonds. The molecule has 0 atom stereocenters. The van der Waals surface area contributed by atoms with Crippen molar-refractivity contribution in [3.63, 3.8) is 0 Å². The highest BCUT2D eigenvalue weighted by atomic mass is 35.5. The fraction of sp³-hybridized carbons (Fsp3) is 0.143. The fourth-order valence-corrected chi connectivity index (χ4v) is 3.17. The van der Waals surface area contributed by atoms with Crippen molar-refractivity contribution in [2.24, 2.45) is 0 Å². The molecule has 0 bridgehead atoms. The Hall–Kier alpha value is -1.65. The largest absolute Gasteiger partial charge is 0.294 e. The monoisotopic (exact) mass is 290 g/mol. The Labute approximate surface area is 119 Å². The van der Waals surface area contributed by atoms with Crippen LogP contribution in [0.5, 0.6) is 0 Å². The second-order valence-electron chi connectivity index (χ2n) is 4.40. The van der Waals surface area contributed by atoms with E-state index < -0.39 is 0 Å². The lowest BCUT2D eigenvalue weighted by Crippen LogP contribution is -2.20. The predicted molar refractivity (Wildman–Crippen MR) is 79.2 cm³/mol. The number of fused-ring (bicyclic) bond motifs is 1. The molecule has 96 valence electrons. The molecule has 19 heavy (non-hydrogen) atoms. The van der Waals surface area contributed by atoms with Crippen LogP contribution in [0.15, 0.2) is 40.8 Å². The Morgan fingerprint density at radius 1 is 1.42 bits per heavy atom. The van der Waals surface area contributed by atoms with Crippen LogP contribution in [-0.2, 0) is 6.54 Å². The summed E-state index contributed by atoms with van der Waals surface area (Å²) >= 11 is 7.39. The highest BCUT2D eigenvalue weighted by Crippen LogP contribution is 2.19. The van der Waals surface area contributed by atoms with E-state index in [-0.39, 0.29) is 5.56 Å². The number of aromatic nitrogens is 2. The van der Waals surface area contributed by atoms with Crippen LogP contribution in [0.1, 0.15) is 11.1 Å². The quantitative estimate of drug-likeness (QED) is 0.724. The van der Waals surface area contributed by atoms with Gasteiger partial charge in [-0.05, 0) is 35.6 Å². The molecule has 2 heterocycles. The molecule has 5 heteroatoms. The zero-order chi connectivity index (χ0) is 13.4. The maximum absolute atomic E-state index is 12.3. The Morgan fingerprint density at radius 2 is 2.26 bits per heavy atom. The van der Waals surface area contributed by atoms with E-state index in [1.807, 2.05) is 36.6 Å². The van der Waals surface area contributed by atoms with Crippen molar-refractivity contribution >= 4 is 33.2 Å². The average Bonchev–Trinajstić information content (AvgIpc) is 2.76. The summed E-state index contributed by atoms with van der Waals surface area (Å²) in [7, 11) is 0. The SMILES string of the molecule is Cc1csc2c(=O)n(Cc3cccc(Cl)c3)cnc12. The third-order valence-corrected chi connectivity index (χ3v) is 4.28. The minimum absolute atomic E-state index is 0.00285. The van der Waals surface area contributed by atoms with E-state index in [2.05, 4.69) is 4.98 Å². The van der Waals surface area contributed by atoms with Crippen LogP contribution in [0.2, 0.25) is 5.02 Å². The molecule has 0 unspecified atom stereocenters. The van der Waals surface area contributed by atoms with Crippen LogP contribution in [0.4, 0.5) is 0 Å². The summed E-state index contributed by atoms with van der Waals surface area (Å²) in [6.45, 7) is 2.45. The summed E-state index contributed by atoms with van der Waals surface area (Å²) in [5, 5.41) is 2.63. The summed E-state index contributed by atoms with van der Waals surface area (Å²) < 4.78 is 2.33. The van der Waals surface area contributed by atoms with Crippen molar-refractivity contribution in [3.05, 3.63) is 62.5 Å². The van der Waals surface area contributed by atoms with Crippen LogP contribution in [-0.4, -0.2) is 9.55 Å². The summed E-state index contributed by atoms with van der Waals surface area (Å²) in [5.74, 6) is 0. The van der Waals surface area contributed by atoms with Gasteiger partial charge in [-0.25, -0.2) is 4.98 Å². The molecule has 0 radical (unpaired) electrons. The smallest absolute Gasteiger partial charge is 0.271 e. The molecule has 2 aromatic heterocycles. The molecule has 0 fully saturated rings. The zero-order valence-electron chi connectivity index (χ0n) is 10.3. The van der Waals surface area contributed by atoms with Gasteiger partial charge in [-0.1, -0.05) is 23.7 Å². The fourth-order valence-electron chi connectivity index (χ4n) is 2.01. The van der Waals surface area contributed by atoms with Gasteiger partial charge in [0, 0.05) is 5.02 Å². The minimum atomic E-state index is 0.00285. The molecule has 0 spiro atoms. The number of hydrogen-bond acceptors (Lipinski definition) is 3. The van der Waals surface area contributed by atoms with Crippen LogP contribution in [0, 0.1) is 6.92 Å². The second-order valence-corrected chi connectivity index (χ2v) is 5.72. The zero-order valence-corrected chi connectivity index (χ0v) is 11.8. The van der Waals surface area contributed by atoms with E-state index in [4.69, 9.17) is 11.6 Å². The summed E-state index contributed by atoms with van der Waals surface area (Å²) in [6.07, 6.45) is 1.60. The van der Waals surface area contributed by atoms with Crippen molar-refractivity contribution in [3.8, 4) is 0 Å². The third kappa shape index (κ3) is 2.29. The Morgan fingerprint density at radius 3 is 3.05 bits per heavy atom. The van der Waals surface area contributed by atoms with Crippen molar-refractivity contribution in [1.29, 1.82) is 0 Å². The molecule has 3 nitrogen and oxygen atoms in total. The first-order valence-corrected chi connectivity index (χ1v) is 7.08. The Bertz CT molecular complexity index is 807. The van der Waals surface area contributed by atoms with Crippen LogP contribution in [0.3, 0.4) is 0 Å². The van der Waals surface area contributed by atoms with Gasteiger partial charge >= 0.3 is 0 Å². The molecule has 0 saturated carbocycles. The number of benzene rings is 1. The number of halogens is 1. The molecule has 0 N–H and O–H groups in total. The lowest BCUT2D eigenvalue weighted by atomic mass is 10.2. The van der Waals surface area contributed by atoms with E-state index in [0.29, 0.717) is 16.3 Å². The predicted octanol–water partition coefficient (Wildman–Crippen LogP) is 3.47. The molecule has 3 aromatic rings. The first-order chi connectivity index (χ1) is 9.15. The van der Waals surface area contributed by atoms with Gasteiger partial charge in [-0.3, -0.25) is 9.36 Å². The molecule has 0 saturated heterocycles. The second kappa shape index (κ2) is 4.79. The van der Waals surface area contributed by atoms with Crippen molar-refractivity contribution in [1.82, 2.24) is 9.55 Å².